The minimum atomic E-state index is -0.279. The zero-order chi connectivity index (χ0) is 81.8. The molecule has 7 aromatic carbocycles. The smallest absolute Gasteiger partial charge is 0.231 e. The minimum Gasteiger partial charge on any atom is -0.481 e. The van der Waals surface area contributed by atoms with Crippen molar-refractivity contribution in [3.63, 3.8) is 0 Å². The second-order valence-corrected chi connectivity index (χ2v) is 28.5. The molecule has 0 spiro atoms. The Kier molecular flexibility index (Phi) is 22.3. The first kappa shape index (κ1) is 77.7. The lowest BCUT2D eigenvalue weighted by Crippen LogP contribution is -2.07. The zero-order valence-electron chi connectivity index (χ0n) is 65.2. The molecule has 0 amide bonds. The number of hydrogen-bond donors (Lipinski definition) is 4. The van der Waals surface area contributed by atoms with E-state index in [1.807, 2.05) is 169 Å². The van der Waals surface area contributed by atoms with Gasteiger partial charge < -0.3 is 95.5 Å². The van der Waals surface area contributed by atoms with Crippen LogP contribution in [0.25, 0.3) is 88.1 Å². The number of aliphatic hydroxyl groups is 4. The van der Waals surface area contributed by atoms with Crippen LogP contribution in [-0.2, 0) is 52.6 Å². The van der Waals surface area contributed by atoms with Gasteiger partial charge in [0.2, 0.25) is 50.7 Å². The number of aliphatic hydroxyl groups excluding tert-OH is 4. The van der Waals surface area contributed by atoms with Crippen molar-refractivity contribution >= 4 is 55.2 Å². The summed E-state index contributed by atoms with van der Waals surface area (Å²) in [4.78, 5) is 21.8. The number of nitrogens with zero attached hydrogens (tertiary/aromatic N) is 9. The molecule has 9 aromatic heterocycles. The SMILES string of the molecule is COc1ccc(-c2c(CO)n(Cc3ccc(C)cc3F)c3cc4c(cc23)OCO4)cn1.COc1ccc(-c2c(CO)n(Cc3cccc(Cl)c3)c3cc4c(cc23)OCO4)cn1.COc1ccc(-c2c(CO)n(Cc3ccccc3)c3cc4c(cc23)OCO4)cn1.COc1ccc(-c2c(CO)n(Cc3ccccn3)c3cc4c(cc23)OCO4)cn1. The van der Waals surface area contributed by atoms with Gasteiger partial charge in [0.1, 0.15) is 5.82 Å². The van der Waals surface area contributed by atoms with Gasteiger partial charge in [0.05, 0.1) is 118 Å². The number of benzene rings is 7. The van der Waals surface area contributed by atoms with Crippen LogP contribution in [0.2, 0.25) is 5.02 Å². The molecule has 0 aliphatic carbocycles. The van der Waals surface area contributed by atoms with Crippen LogP contribution in [0.4, 0.5) is 4.39 Å². The molecule has 25 nitrogen and oxygen atoms in total. The Labute approximate surface area is 686 Å². The molecule has 16 aromatic rings. The Balaban J connectivity index is 0.000000113. The number of rotatable bonds is 20. The number of methoxy groups -OCH3 is 4. The highest BCUT2D eigenvalue weighted by Gasteiger charge is 2.30. The summed E-state index contributed by atoms with van der Waals surface area (Å²) >= 11 is 6.19. The number of halogens is 2. The fraction of sp³-hybridized carbons (Fsp3) is 0.185. The monoisotopic (exact) mass is 1620 g/mol. The van der Waals surface area contributed by atoms with Crippen LogP contribution in [0.3, 0.4) is 0 Å². The van der Waals surface area contributed by atoms with E-state index >= 15 is 0 Å². The van der Waals surface area contributed by atoms with Crippen molar-refractivity contribution in [3.05, 3.63) is 281 Å². The Hall–Kier alpha value is -13.9. The van der Waals surface area contributed by atoms with Gasteiger partial charge in [-0.25, -0.2) is 24.3 Å². The topological polar surface area (TPSA) is 276 Å². The van der Waals surface area contributed by atoms with E-state index in [0.717, 1.165) is 128 Å². The lowest BCUT2D eigenvalue weighted by Gasteiger charge is -2.12. The predicted octanol–water partition coefficient (Wildman–Crippen LogP) is 16.4. The fourth-order valence-corrected chi connectivity index (χ4v) is 15.8. The van der Waals surface area contributed by atoms with Crippen molar-refractivity contribution in [2.45, 2.75) is 59.5 Å². The molecule has 0 unspecified atom stereocenters. The van der Waals surface area contributed by atoms with Crippen LogP contribution in [-0.4, -0.2) is 119 Å². The number of aromatic nitrogens is 9. The quantitative estimate of drug-likeness (QED) is 0.0552. The maximum Gasteiger partial charge on any atom is 0.231 e. The molecule has 4 aliphatic rings. The average Bonchev–Trinajstić information content (AvgIpc) is 1.61. The molecular weight excluding hydrogens is 1540 g/mol. The van der Waals surface area contributed by atoms with Gasteiger partial charge in [0, 0.05) is 169 Å². The normalized spacial score (nSPS) is 12.5. The van der Waals surface area contributed by atoms with E-state index in [-0.39, 0.29) is 66.0 Å². The van der Waals surface area contributed by atoms with Gasteiger partial charge in [-0.05, 0) is 102 Å². The van der Waals surface area contributed by atoms with Crippen LogP contribution in [0.15, 0.2) is 219 Å². The van der Waals surface area contributed by atoms with Crippen molar-refractivity contribution < 1.29 is 81.7 Å². The Morgan fingerprint density at radius 2 is 0.697 bits per heavy atom. The highest BCUT2D eigenvalue weighted by atomic mass is 35.5. The van der Waals surface area contributed by atoms with Crippen LogP contribution in [0.5, 0.6) is 69.5 Å². The molecule has 13 heterocycles. The molecular formula is C92H79ClFN9O16. The third-order valence-electron chi connectivity index (χ3n) is 21.2. The third kappa shape index (κ3) is 15.4. The maximum atomic E-state index is 14.7. The van der Waals surface area contributed by atoms with Crippen LogP contribution in [0, 0.1) is 12.7 Å². The minimum absolute atomic E-state index is 0.102. The maximum absolute atomic E-state index is 14.7. The second kappa shape index (κ2) is 34.1. The van der Waals surface area contributed by atoms with Gasteiger partial charge in [-0.3, -0.25) is 4.98 Å². The lowest BCUT2D eigenvalue weighted by molar-refractivity contribution is 0.173. The molecule has 0 atom stereocenters. The highest BCUT2D eigenvalue weighted by molar-refractivity contribution is 6.30. The Morgan fingerprint density at radius 3 is 1.03 bits per heavy atom. The molecule has 602 valence electrons. The summed E-state index contributed by atoms with van der Waals surface area (Å²) in [6, 6.07) is 59.4. The molecule has 4 N–H and O–H groups in total. The summed E-state index contributed by atoms with van der Waals surface area (Å²) in [5.41, 5.74) is 18.2. The number of fused-ring (bicyclic) bond motifs is 8. The summed E-state index contributed by atoms with van der Waals surface area (Å²) < 4.78 is 88.3. The van der Waals surface area contributed by atoms with E-state index < -0.39 is 0 Å². The van der Waals surface area contributed by atoms with Gasteiger partial charge in [0.25, 0.3) is 0 Å². The molecule has 0 saturated carbocycles. The predicted molar refractivity (Wildman–Crippen MR) is 445 cm³/mol. The second-order valence-electron chi connectivity index (χ2n) is 28.0. The van der Waals surface area contributed by atoms with Gasteiger partial charge in [0.15, 0.2) is 46.0 Å². The average molecular weight is 1620 g/mol. The largest absolute Gasteiger partial charge is 0.481 e. The van der Waals surface area contributed by atoms with Crippen molar-refractivity contribution in [3.8, 4) is 114 Å². The van der Waals surface area contributed by atoms with Crippen molar-refractivity contribution in [1.82, 2.24) is 43.2 Å². The van der Waals surface area contributed by atoms with Crippen molar-refractivity contribution in [2.75, 3.05) is 55.6 Å². The van der Waals surface area contributed by atoms with Gasteiger partial charge in [-0.15, -0.1) is 0 Å². The number of pyridine rings is 5. The van der Waals surface area contributed by atoms with Crippen LogP contribution in [0.1, 0.15) is 50.7 Å². The number of hydrogen-bond acceptors (Lipinski definition) is 21. The van der Waals surface area contributed by atoms with E-state index in [4.69, 9.17) is 68.4 Å². The van der Waals surface area contributed by atoms with E-state index in [2.05, 4.69) is 50.8 Å². The summed E-state index contributed by atoms with van der Waals surface area (Å²) in [7, 11) is 6.32. The van der Waals surface area contributed by atoms with Crippen molar-refractivity contribution in [1.29, 1.82) is 0 Å². The third-order valence-corrected chi connectivity index (χ3v) is 21.4. The molecule has 27 heteroatoms. The van der Waals surface area contributed by atoms with Crippen LogP contribution < -0.4 is 56.8 Å². The van der Waals surface area contributed by atoms with Crippen molar-refractivity contribution in [2.24, 2.45) is 0 Å². The molecule has 0 radical (unpaired) electrons. The van der Waals surface area contributed by atoms with E-state index in [9.17, 15) is 24.8 Å². The fourth-order valence-electron chi connectivity index (χ4n) is 15.6. The van der Waals surface area contributed by atoms with Gasteiger partial charge in [-0.1, -0.05) is 72.3 Å². The first-order chi connectivity index (χ1) is 58.3. The highest BCUT2D eigenvalue weighted by Crippen LogP contribution is 2.49. The molecule has 0 bridgehead atoms. The Bertz CT molecular complexity index is 6220. The summed E-state index contributed by atoms with van der Waals surface area (Å²) in [6.45, 7) is 4.01. The van der Waals surface area contributed by atoms with E-state index in [0.29, 0.717) is 105 Å². The molecule has 0 fully saturated rings. The number of aryl methyl sites for hydroxylation is 1. The first-order valence-electron chi connectivity index (χ1n) is 38.0. The van der Waals surface area contributed by atoms with E-state index in [1.54, 1.807) is 71.6 Å². The summed E-state index contributed by atoms with van der Waals surface area (Å²) in [6.07, 6.45) is 8.74. The summed E-state index contributed by atoms with van der Waals surface area (Å²) in [5.74, 6) is 7.29. The summed E-state index contributed by atoms with van der Waals surface area (Å²) in [5, 5.41) is 45.8. The lowest BCUT2D eigenvalue weighted by atomic mass is 10.0. The van der Waals surface area contributed by atoms with E-state index in [1.165, 1.54) is 6.07 Å². The molecule has 20 rings (SSSR count). The first-order valence-corrected chi connectivity index (χ1v) is 38.4. The number of ether oxygens (including phenoxy) is 12. The zero-order valence-corrected chi connectivity index (χ0v) is 66.0. The molecule has 0 saturated heterocycles. The molecule has 119 heavy (non-hydrogen) atoms. The van der Waals surface area contributed by atoms with Crippen LogP contribution >= 0.6 is 11.6 Å². The Morgan fingerprint density at radius 1 is 0.353 bits per heavy atom. The molecule has 4 aliphatic heterocycles. The van der Waals surface area contributed by atoms with Gasteiger partial charge >= 0.3 is 0 Å². The standard InChI is InChI=1S/C24H21FN2O4.C23H19ClN2O4.C23H20N2O4.C22H19N3O4/c1-14-3-4-16(18(25)7-14)11-27-19-9-22-21(30-13-31-22)8-17(19)24(20(27)12-28)15-5-6-23(29-2)26-10-15;1-28-22-6-5-15(10-25-22)23-17-8-20-21(30-13-29-20)9-18(17)26(19(23)12-27)11-14-3-2-4-16(24)7-14;1-27-22-8-7-16(11-24-22)23-17-9-20-21(29-14-28-20)10-18(17)25(19(23)13-26)12-15-5-3-2-4-6-15;1-27-21-6-5-14(10-24-21)22-16-8-19-20(29-13-28-19)9-17(16)25(18(22)12-26)11-15-4-2-3-7-23-15/h3-10,28H,11-13H2,1-2H3;2-10,27H,11-13H2,1H3;2-11,26H,12-14H2,1H3;2-10,26H,11-13H2,1H3. The van der Waals surface area contributed by atoms with Gasteiger partial charge in [-0.2, -0.15) is 0 Å².